The zero-order valence-corrected chi connectivity index (χ0v) is 6.45. The predicted molar refractivity (Wildman–Crippen MR) is 41.2 cm³/mol. The minimum Gasteiger partial charge on any atom is -0.423 e. The summed E-state index contributed by atoms with van der Waals surface area (Å²) in [6.07, 6.45) is -4.82. The Labute approximate surface area is 73.1 Å². The second-order valence-corrected chi connectivity index (χ2v) is 2.33. The van der Waals surface area contributed by atoms with Gasteiger partial charge in [0.1, 0.15) is 0 Å². The van der Waals surface area contributed by atoms with Crippen LogP contribution in [-0.2, 0) is 4.65 Å². The lowest BCUT2D eigenvalue weighted by Gasteiger charge is -2.10. The standard InChI is InChI=1S/C7H6BF3O2/c9-7(10,11)13-8(12)6-4-2-1-3-5-6/h1-5,12H. The predicted octanol–water partition coefficient (Wildman–Crippen LogP) is 0.911. The first-order valence-corrected chi connectivity index (χ1v) is 3.46. The second-order valence-electron chi connectivity index (χ2n) is 2.33. The van der Waals surface area contributed by atoms with Gasteiger partial charge >= 0.3 is 13.5 Å². The Morgan fingerprint density at radius 2 is 1.69 bits per heavy atom. The summed E-state index contributed by atoms with van der Waals surface area (Å²) in [5.74, 6) is 0. The number of rotatable bonds is 2. The molecule has 0 heterocycles. The minimum absolute atomic E-state index is 0.0693. The fourth-order valence-corrected chi connectivity index (χ4v) is 0.812. The number of hydrogen-bond acceptors (Lipinski definition) is 2. The van der Waals surface area contributed by atoms with Gasteiger partial charge in [0.05, 0.1) is 0 Å². The van der Waals surface area contributed by atoms with Crippen LogP contribution in [0.1, 0.15) is 0 Å². The summed E-state index contributed by atoms with van der Waals surface area (Å²) >= 11 is 0. The van der Waals surface area contributed by atoms with Crippen molar-refractivity contribution >= 4 is 12.6 Å². The van der Waals surface area contributed by atoms with Crippen molar-refractivity contribution in [2.45, 2.75) is 6.36 Å². The molecule has 13 heavy (non-hydrogen) atoms. The summed E-state index contributed by atoms with van der Waals surface area (Å²) in [5.41, 5.74) is 0.0693. The molecular weight excluding hydrogens is 184 g/mol. The first-order chi connectivity index (χ1) is 5.99. The van der Waals surface area contributed by atoms with E-state index in [1.54, 1.807) is 6.07 Å². The molecule has 0 amide bonds. The molecule has 0 radical (unpaired) electrons. The molecule has 0 fully saturated rings. The molecule has 0 aromatic heterocycles. The zero-order valence-electron chi connectivity index (χ0n) is 6.45. The smallest absolute Gasteiger partial charge is 0.423 e. The zero-order chi connectivity index (χ0) is 9.90. The van der Waals surface area contributed by atoms with E-state index < -0.39 is 13.5 Å². The Kier molecular flexibility index (Phi) is 2.95. The summed E-state index contributed by atoms with van der Waals surface area (Å²) in [6, 6.07) is 7.34. The van der Waals surface area contributed by atoms with Crippen molar-refractivity contribution in [1.82, 2.24) is 0 Å². The molecule has 1 aromatic rings. The third kappa shape index (κ3) is 3.48. The van der Waals surface area contributed by atoms with Crippen molar-refractivity contribution in [3.63, 3.8) is 0 Å². The van der Waals surface area contributed by atoms with E-state index in [2.05, 4.69) is 4.65 Å². The molecule has 0 spiro atoms. The Hall–Kier alpha value is -1.01. The normalized spacial score (nSPS) is 11.4. The van der Waals surface area contributed by atoms with Crippen molar-refractivity contribution in [3.05, 3.63) is 30.3 Å². The molecular formula is C7H6BF3O2. The van der Waals surface area contributed by atoms with Crippen molar-refractivity contribution in [2.24, 2.45) is 0 Å². The van der Waals surface area contributed by atoms with Gasteiger partial charge in [0, 0.05) is 0 Å². The maximum Gasteiger partial charge on any atom is 0.510 e. The SMILES string of the molecule is OB(OC(F)(F)F)c1ccccc1. The molecule has 0 unspecified atom stereocenters. The molecule has 0 aliphatic heterocycles. The quantitative estimate of drug-likeness (QED) is 0.702. The second kappa shape index (κ2) is 3.80. The highest BCUT2D eigenvalue weighted by atomic mass is 19.4. The van der Waals surface area contributed by atoms with Crippen molar-refractivity contribution < 1.29 is 22.8 Å². The summed E-state index contributed by atoms with van der Waals surface area (Å²) in [7, 11) is -1.96. The Balaban J connectivity index is 2.64. The first kappa shape index (κ1) is 10.1. The number of alkyl halides is 3. The molecule has 2 nitrogen and oxygen atoms in total. The number of benzene rings is 1. The molecule has 0 bridgehead atoms. The van der Waals surface area contributed by atoms with Gasteiger partial charge in [0.15, 0.2) is 0 Å². The van der Waals surface area contributed by atoms with E-state index in [1.165, 1.54) is 24.3 Å². The number of halogens is 3. The average Bonchev–Trinajstić information content (AvgIpc) is 2.03. The Bertz CT molecular complexity index is 262. The molecule has 0 saturated carbocycles. The molecule has 70 valence electrons. The van der Waals surface area contributed by atoms with Gasteiger partial charge in [-0.15, -0.1) is 13.2 Å². The van der Waals surface area contributed by atoms with Crippen LogP contribution < -0.4 is 5.46 Å². The highest BCUT2D eigenvalue weighted by molar-refractivity contribution is 6.59. The van der Waals surface area contributed by atoms with Gasteiger partial charge in [0.2, 0.25) is 0 Å². The highest BCUT2D eigenvalue weighted by Crippen LogP contribution is 2.16. The fourth-order valence-electron chi connectivity index (χ4n) is 0.812. The number of hydrogen-bond donors (Lipinski definition) is 1. The van der Waals surface area contributed by atoms with Crippen LogP contribution in [0.2, 0.25) is 0 Å². The molecule has 0 aliphatic rings. The van der Waals surface area contributed by atoms with Gasteiger partial charge in [-0.3, -0.25) is 0 Å². The van der Waals surface area contributed by atoms with Gasteiger partial charge in [-0.05, 0) is 5.46 Å². The Morgan fingerprint density at radius 1 is 1.15 bits per heavy atom. The average molecular weight is 190 g/mol. The Morgan fingerprint density at radius 3 is 2.15 bits per heavy atom. The van der Waals surface area contributed by atoms with Crippen LogP contribution in [0.4, 0.5) is 13.2 Å². The molecule has 1 rings (SSSR count). The van der Waals surface area contributed by atoms with Crippen LogP contribution in [0.3, 0.4) is 0 Å². The van der Waals surface area contributed by atoms with Crippen LogP contribution in [0.15, 0.2) is 30.3 Å². The van der Waals surface area contributed by atoms with Gasteiger partial charge in [-0.2, -0.15) is 0 Å². The summed E-state index contributed by atoms with van der Waals surface area (Å²) in [4.78, 5) is 0. The molecule has 1 N–H and O–H groups in total. The lowest BCUT2D eigenvalue weighted by Crippen LogP contribution is -2.38. The van der Waals surface area contributed by atoms with Crippen molar-refractivity contribution in [2.75, 3.05) is 0 Å². The van der Waals surface area contributed by atoms with Crippen molar-refractivity contribution in [3.8, 4) is 0 Å². The summed E-state index contributed by atoms with van der Waals surface area (Å²) in [6.45, 7) is 0. The van der Waals surface area contributed by atoms with Crippen LogP contribution in [0, 0.1) is 0 Å². The maximum atomic E-state index is 11.6. The molecule has 6 heteroatoms. The van der Waals surface area contributed by atoms with Gasteiger partial charge in [-0.25, -0.2) is 0 Å². The first-order valence-electron chi connectivity index (χ1n) is 3.46. The van der Waals surface area contributed by atoms with Gasteiger partial charge < -0.3 is 9.68 Å². The molecule has 1 aromatic carbocycles. The van der Waals surface area contributed by atoms with E-state index in [9.17, 15) is 13.2 Å². The van der Waals surface area contributed by atoms with E-state index in [0.29, 0.717) is 0 Å². The topological polar surface area (TPSA) is 29.5 Å². The molecule has 0 saturated heterocycles. The van der Waals surface area contributed by atoms with Crippen LogP contribution in [-0.4, -0.2) is 18.5 Å². The van der Waals surface area contributed by atoms with Crippen molar-refractivity contribution in [1.29, 1.82) is 0 Å². The molecule has 0 atom stereocenters. The minimum atomic E-state index is -4.82. The van der Waals surface area contributed by atoms with E-state index in [4.69, 9.17) is 5.02 Å². The highest BCUT2D eigenvalue weighted by Gasteiger charge is 2.35. The third-order valence-corrected chi connectivity index (χ3v) is 1.33. The van der Waals surface area contributed by atoms with Gasteiger partial charge in [-0.1, -0.05) is 30.3 Å². The van der Waals surface area contributed by atoms with Crippen LogP contribution in [0.5, 0.6) is 0 Å². The van der Waals surface area contributed by atoms with E-state index in [0.717, 1.165) is 0 Å². The third-order valence-electron chi connectivity index (χ3n) is 1.33. The lowest BCUT2D eigenvalue weighted by atomic mass is 9.80. The van der Waals surface area contributed by atoms with E-state index in [-0.39, 0.29) is 5.46 Å². The van der Waals surface area contributed by atoms with E-state index >= 15 is 0 Å². The molecule has 0 aliphatic carbocycles. The lowest BCUT2D eigenvalue weighted by molar-refractivity contribution is -0.282. The van der Waals surface area contributed by atoms with E-state index in [1.807, 2.05) is 0 Å². The largest absolute Gasteiger partial charge is 0.510 e. The van der Waals surface area contributed by atoms with Gasteiger partial charge in [0.25, 0.3) is 0 Å². The summed E-state index contributed by atoms with van der Waals surface area (Å²) < 4.78 is 38.2. The maximum absolute atomic E-state index is 11.6. The summed E-state index contributed by atoms with van der Waals surface area (Å²) in [5, 5.41) is 8.91. The van der Waals surface area contributed by atoms with Crippen LogP contribution >= 0.6 is 0 Å². The van der Waals surface area contributed by atoms with Crippen LogP contribution in [0.25, 0.3) is 0 Å². The fraction of sp³-hybridized carbons (Fsp3) is 0.143. The monoisotopic (exact) mass is 190 g/mol.